The summed E-state index contributed by atoms with van der Waals surface area (Å²) in [6.45, 7) is 8.56. The standard InChI is InChI=1S/C19H28N2/c1-19(2)10-9-17(15-7-3-4-8-16(15)19)21-11-5-6-14-12-20-13-18(14)21/h3-4,7-8,14,17-18,20H,5-6,9-13H2,1-2H3. The van der Waals surface area contributed by atoms with Crippen molar-refractivity contribution in [2.45, 2.75) is 57.0 Å². The van der Waals surface area contributed by atoms with Gasteiger partial charge in [0.25, 0.3) is 0 Å². The molecule has 0 radical (unpaired) electrons. The molecule has 2 nitrogen and oxygen atoms in total. The molecule has 0 amide bonds. The van der Waals surface area contributed by atoms with Crippen molar-refractivity contribution in [3.8, 4) is 0 Å². The lowest BCUT2D eigenvalue weighted by atomic mass is 9.70. The molecule has 2 heteroatoms. The Bertz CT molecular complexity index is 522. The summed E-state index contributed by atoms with van der Waals surface area (Å²) in [5.74, 6) is 0.890. The molecule has 1 aromatic rings. The SMILES string of the molecule is CC1(C)CCC(N2CCCC3CNCC32)c2ccccc21. The summed E-state index contributed by atoms with van der Waals surface area (Å²) >= 11 is 0. The van der Waals surface area contributed by atoms with Crippen molar-refractivity contribution in [2.24, 2.45) is 5.92 Å². The lowest BCUT2D eigenvalue weighted by Crippen LogP contribution is -2.48. The fraction of sp³-hybridized carbons (Fsp3) is 0.684. The average molecular weight is 284 g/mol. The van der Waals surface area contributed by atoms with Crippen LogP contribution in [-0.2, 0) is 5.41 Å². The van der Waals surface area contributed by atoms with Gasteiger partial charge in [0.2, 0.25) is 0 Å². The third-order valence-corrected chi connectivity index (χ3v) is 6.21. The molecule has 0 spiro atoms. The van der Waals surface area contributed by atoms with Crippen molar-refractivity contribution in [3.05, 3.63) is 35.4 Å². The van der Waals surface area contributed by atoms with Crippen molar-refractivity contribution in [3.63, 3.8) is 0 Å². The van der Waals surface area contributed by atoms with Crippen LogP contribution < -0.4 is 5.32 Å². The van der Waals surface area contributed by atoms with Gasteiger partial charge in [0, 0.05) is 18.6 Å². The number of hydrogen-bond acceptors (Lipinski definition) is 2. The van der Waals surface area contributed by atoms with E-state index < -0.39 is 0 Å². The van der Waals surface area contributed by atoms with Crippen LogP contribution in [0.4, 0.5) is 0 Å². The molecular weight excluding hydrogens is 256 g/mol. The summed E-state index contributed by atoms with van der Waals surface area (Å²) in [6, 6.07) is 10.7. The second-order valence-corrected chi connectivity index (χ2v) is 7.89. The quantitative estimate of drug-likeness (QED) is 0.849. The summed E-state index contributed by atoms with van der Waals surface area (Å²) in [6.07, 6.45) is 5.45. The zero-order chi connectivity index (χ0) is 14.4. The number of likely N-dealkylation sites (tertiary alicyclic amines) is 1. The summed E-state index contributed by atoms with van der Waals surface area (Å²) in [4.78, 5) is 2.85. The molecule has 1 aromatic carbocycles. The highest BCUT2D eigenvalue weighted by molar-refractivity contribution is 5.38. The molecule has 0 aromatic heterocycles. The lowest BCUT2D eigenvalue weighted by Gasteiger charge is -2.47. The van der Waals surface area contributed by atoms with Gasteiger partial charge in [0.15, 0.2) is 0 Å². The van der Waals surface area contributed by atoms with Gasteiger partial charge >= 0.3 is 0 Å². The molecule has 4 rings (SSSR count). The predicted octanol–water partition coefficient (Wildman–Crippen LogP) is 3.48. The van der Waals surface area contributed by atoms with Gasteiger partial charge in [0.05, 0.1) is 0 Å². The number of piperidine rings is 1. The van der Waals surface area contributed by atoms with Crippen molar-refractivity contribution in [1.82, 2.24) is 10.2 Å². The van der Waals surface area contributed by atoms with Gasteiger partial charge < -0.3 is 5.32 Å². The van der Waals surface area contributed by atoms with Crippen molar-refractivity contribution >= 4 is 0 Å². The van der Waals surface area contributed by atoms with Gasteiger partial charge in [-0.1, -0.05) is 38.1 Å². The predicted molar refractivity (Wildman–Crippen MR) is 87.5 cm³/mol. The van der Waals surface area contributed by atoms with Gasteiger partial charge in [-0.3, -0.25) is 4.90 Å². The Kier molecular flexibility index (Phi) is 3.35. The van der Waals surface area contributed by atoms with Crippen LogP contribution in [0.25, 0.3) is 0 Å². The van der Waals surface area contributed by atoms with Gasteiger partial charge in [0.1, 0.15) is 0 Å². The van der Waals surface area contributed by atoms with Crippen LogP contribution >= 0.6 is 0 Å². The fourth-order valence-corrected chi connectivity index (χ4v) is 5.03. The van der Waals surface area contributed by atoms with Gasteiger partial charge in [-0.15, -0.1) is 0 Å². The smallest absolute Gasteiger partial charge is 0.0354 e. The molecule has 3 unspecified atom stereocenters. The Morgan fingerprint density at radius 3 is 2.90 bits per heavy atom. The molecule has 0 bridgehead atoms. The van der Waals surface area contributed by atoms with E-state index in [2.05, 4.69) is 48.3 Å². The second-order valence-electron chi connectivity index (χ2n) is 7.89. The number of rotatable bonds is 1. The number of nitrogens with one attached hydrogen (secondary N) is 1. The van der Waals surface area contributed by atoms with E-state index in [-0.39, 0.29) is 0 Å². The molecule has 2 saturated heterocycles. The molecule has 2 fully saturated rings. The van der Waals surface area contributed by atoms with Gasteiger partial charge in [-0.05, 0) is 61.2 Å². The molecule has 114 valence electrons. The van der Waals surface area contributed by atoms with E-state index in [0.29, 0.717) is 11.5 Å². The Morgan fingerprint density at radius 1 is 1.14 bits per heavy atom. The van der Waals surface area contributed by atoms with Crippen LogP contribution in [0.15, 0.2) is 24.3 Å². The molecule has 2 aliphatic heterocycles. The first-order valence-electron chi connectivity index (χ1n) is 8.73. The zero-order valence-corrected chi connectivity index (χ0v) is 13.4. The maximum absolute atomic E-state index is 3.63. The Hall–Kier alpha value is -0.860. The number of fused-ring (bicyclic) bond motifs is 2. The highest BCUT2D eigenvalue weighted by Gasteiger charge is 2.42. The van der Waals surface area contributed by atoms with Gasteiger partial charge in [-0.25, -0.2) is 0 Å². The molecule has 3 atom stereocenters. The lowest BCUT2D eigenvalue weighted by molar-refractivity contribution is 0.0623. The van der Waals surface area contributed by atoms with E-state index in [9.17, 15) is 0 Å². The maximum atomic E-state index is 3.63. The number of nitrogens with zero attached hydrogens (tertiary/aromatic N) is 1. The zero-order valence-electron chi connectivity index (χ0n) is 13.4. The third-order valence-electron chi connectivity index (χ3n) is 6.21. The Labute approximate surface area is 128 Å². The molecule has 1 aliphatic carbocycles. The normalized spacial score (nSPS) is 35.2. The number of hydrogen-bond donors (Lipinski definition) is 1. The summed E-state index contributed by atoms with van der Waals surface area (Å²) < 4.78 is 0. The van der Waals surface area contributed by atoms with Crippen molar-refractivity contribution in [2.75, 3.05) is 19.6 Å². The van der Waals surface area contributed by atoms with Crippen molar-refractivity contribution < 1.29 is 0 Å². The monoisotopic (exact) mass is 284 g/mol. The van der Waals surface area contributed by atoms with Crippen LogP contribution in [0, 0.1) is 5.92 Å². The average Bonchev–Trinajstić information content (AvgIpc) is 2.96. The third kappa shape index (κ3) is 2.24. The first-order chi connectivity index (χ1) is 10.2. The molecule has 21 heavy (non-hydrogen) atoms. The van der Waals surface area contributed by atoms with E-state index in [1.54, 1.807) is 11.1 Å². The summed E-state index contributed by atoms with van der Waals surface area (Å²) in [5, 5.41) is 3.63. The summed E-state index contributed by atoms with van der Waals surface area (Å²) in [7, 11) is 0. The minimum absolute atomic E-state index is 0.343. The topological polar surface area (TPSA) is 15.3 Å². The van der Waals surface area contributed by atoms with Crippen LogP contribution in [0.2, 0.25) is 0 Å². The van der Waals surface area contributed by atoms with Gasteiger partial charge in [-0.2, -0.15) is 0 Å². The first-order valence-corrected chi connectivity index (χ1v) is 8.73. The second kappa shape index (κ2) is 5.10. The Morgan fingerprint density at radius 2 is 2.00 bits per heavy atom. The highest BCUT2D eigenvalue weighted by Crippen LogP contribution is 2.46. The molecular formula is C19H28N2. The van der Waals surface area contributed by atoms with E-state index in [1.165, 1.54) is 45.3 Å². The molecule has 0 saturated carbocycles. The van der Waals surface area contributed by atoms with Crippen LogP contribution in [0.3, 0.4) is 0 Å². The van der Waals surface area contributed by atoms with Crippen molar-refractivity contribution in [1.29, 1.82) is 0 Å². The minimum atomic E-state index is 0.343. The number of benzene rings is 1. The molecule has 3 aliphatic rings. The molecule has 1 N–H and O–H groups in total. The highest BCUT2D eigenvalue weighted by atomic mass is 15.2. The van der Waals surface area contributed by atoms with E-state index in [0.717, 1.165) is 12.0 Å². The minimum Gasteiger partial charge on any atom is -0.315 e. The molecule has 2 heterocycles. The Balaban J connectivity index is 1.69. The van der Waals surface area contributed by atoms with E-state index >= 15 is 0 Å². The van der Waals surface area contributed by atoms with Crippen LogP contribution in [0.5, 0.6) is 0 Å². The fourth-order valence-electron chi connectivity index (χ4n) is 5.03. The van der Waals surface area contributed by atoms with Crippen LogP contribution in [0.1, 0.15) is 56.7 Å². The van der Waals surface area contributed by atoms with Crippen LogP contribution in [-0.4, -0.2) is 30.6 Å². The first kappa shape index (κ1) is 13.8. The summed E-state index contributed by atoms with van der Waals surface area (Å²) in [5.41, 5.74) is 3.55. The van der Waals surface area contributed by atoms with E-state index in [1.807, 2.05) is 0 Å². The largest absolute Gasteiger partial charge is 0.315 e. The maximum Gasteiger partial charge on any atom is 0.0354 e. The van der Waals surface area contributed by atoms with E-state index in [4.69, 9.17) is 0 Å².